The van der Waals surface area contributed by atoms with Crippen molar-refractivity contribution in [3.8, 4) is 11.4 Å². The molecule has 24 heavy (non-hydrogen) atoms. The fraction of sp³-hybridized carbons (Fsp3) is 0.154. The Hall–Kier alpha value is -3.11. The summed E-state index contributed by atoms with van der Waals surface area (Å²) in [5.74, 6) is -2.15. The van der Waals surface area contributed by atoms with Crippen LogP contribution in [-0.2, 0) is 12.7 Å². The molecule has 0 spiro atoms. The van der Waals surface area contributed by atoms with Crippen LogP contribution in [0, 0.1) is 5.95 Å². The number of nitrogens with one attached hydrogen (secondary N) is 1. The van der Waals surface area contributed by atoms with Crippen LogP contribution < -0.4 is 5.32 Å². The van der Waals surface area contributed by atoms with Gasteiger partial charge in [0, 0.05) is 12.4 Å². The van der Waals surface area contributed by atoms with Crippen molar-refractivity contribution in [3.05, 3.63) is 48.1 Å². The second kappa shape index (κ2) is 6.18. The third-order valence-corrected chi connectivity index (χ3v) is 2.78. The number of alkyl halides is 3. The smallest absolute Gasteiger partial charge is 0.349 e. The molecule has 0 radical (unpaired) electrons. The Morgan fingerprint density at radius 3 is 2.46 bits per heavy atom. The van der Waals surface area contributed by atoms with Crippen molar-refractivity contribution < 1.29 is 22.1 Å². The van der Waals surface area contributed by atoms with Crippen LogP contribution >= 0.6 is 0 Å². The van der Waals surface area contributed by atoms with Crippen LogP contribution in [0.1, 0.15) is 11.6 Å². The SMILES string of the molecule is Fc1cccc(CNc2ncc(-c3noc(C(F)(F)F)n3)cn2)n1. The summed E-state index contributed by atoms with van der Waals surface area (Å²) in [6.07, 6.45) is -2.25. The lowest BCUT2D eigenvalue weighted by Crippen LogP contribution is -2.06. The van der Waals surface area contributed by atoms with Crippen LogP contribution in [0.3, 0.4) is 0 Å². The van der Waals surface area contributed by atoms with Gasteiger partial charge in [-0.3, -0.25) is 0 Å². The molecule has 1 N–H and O–H groups in total. The van der Waals surface area contributed by atoms with Crippen molar-refractivity contribution in [2.75, 3.05) is 5.32 Å². The van der Waals surface area contributed by atoms with Gasteiger partial charge in [-0.2, -0.15) is 22.5 Å². The van der Waals surface area contributed by atoms with Crippen molar-refractivity contribution in [3.63, 3.8) is 0 Å². The summed E-state index contributed by atoms with van der Waals surface area (Å²) in [6, 6.07) is 4.34. The molecule has 0 unspecified atom stereocenters. The Balaban J connectivity index is 1.68. The number of halogens is 4. The van der Waals surface area contributed by atoms with Crippen molar-refractivity contribution in [2.24, 2.45) is 0 Å². The minimum Gasteiger partial charge on any atom is -0.349 e. The molecule has 0 saturated heterocycles. The molecule has 0 amide bonds. The van der Waals surface area contributed by atoms with E-state index in [2.05, 4.69) is 34.9 Å². The highest BCUT2D eigenvalue weighted by molar-refractivity contribution is 5.52. The van der Waals surface area contributed by atoms with Crippen molar-refractivity contribution in [1.29, 1.82) is 0 Å². The maximum absolute atomic E-state index is 12.9. The van der Waals surface area contributed by atoms with Crippen molar-refractivity contribution >= 4 is 5.95 Å². The summed E-state index contributed by atoms with van der Waals surface area (Å²) in [5, 5.41) is 6.03. The molecule has 3 aromatic rings. The van der Waals surface area contributed by atoms with Gasteiger partial charge in [-0.25, -0.2) is 15.0 Å². The lowest BCUT2D eigenvalue weighted by Gasteiger charge is -2.04. The van der Waals surface area contributed by atoms with E-state index in [1.807, 2.05) is 0 Å². The summed E-state index contributed by atoms with van der Waals surface area (Å²) < 4.78 is 54.3. The summed E-state index contributed by atoms with van der Waals surface area (Å²) in [7, 11) is 0. The second-order valence-electron chi connectivity index (χ2n) is 4.52. The zero-order valence-electron chi connectivity index (χ0n) is 11.8. The molecule has 0 aromatic carbocycles. The largest absolute Gasteiger partial charge is 0.471 e. The lowest BCUT2D eigenvalue weighted by atomic mass is 10.3. The number of hydrogen-bond donors (Lipinski definition) is 1. The molecular weight excluding hydrogens is 332 g/mol. The third kappa shape index (κ3) is 3.62. The van der Waals surface area contributed by atoms with Gasteiger partial charge in [0.15, 0.2) is 0 Å². The molecule has 0 aliphatic rings. The Kier molecular flexibility index (Phi) is 4.06. The third-order valence-electron chi connectivity index (χ3n) is 2.78. The molecule has 0 fully saturated rings. The highest BCUT2D eigenvalue weighted by Gasteiger charge is 2.38. The Morgan fingerprint density at radius 2 is 1.83 bits per heavy atom. The van der Waals surface area contributed by atoms with Crippen LogP contribution in [0.4, 0.5) is 23.5 Å². The van der Waals surface area contributed by atoms with E-state index in [0.29, 0.717) is 5.69 Å². The lowest BCUT2D eigenvalue weighted by molar-refractivity contribution is -0.159. The Bertz CT molecular complexity index is 833. The number of anilines is 1. The van der Waals surface area contributed by atoms with Gasteiger partial charge in [0.2, 0.25) is 17.7 Å². The molecule has 3 aromatic heterocycles. The fourth-order valence-electron chi connectivity index (χ4n) is 1.71. The van der Waals surface area contributed by atoms with Crippen molar-refractivity contribution in [2.45, 2.75) is 12.7 Å². The quantitative estimate of drug-likeness (QED) is 0.577. The maximum Gasteiger partial charge on any atom is 0.471 e. The molecule has 0 aliphatic heterocycles. The number of rotatable bonds is 4. The van der Waals surface area contributed by atoms with Gasteiger partial charge in [0.05, 0.1) is 17.8 Å². The molecule has 11 heteroatoms. The van der Waals surface area contributed by atoms with Crippen LogP contribution in [0.5, 0.6) is 0 Å². The van der Waals surface area contributed by atoms with Crippen molar-refractivity contribution in [1.82, 2.24) is 25.1 Å². The van der Waals surface area contributed by atoms with Gasteiger partial charge in [-0.1, -0.05) is 11.2 Å². The minimum atomic E-state index is -4.72. The van der Waals surface area contributed by atoms with Gasteiger partial charge < -0.3 is 9.84 Å². The summed E-state index contributed by atoms with van der Waals surface area (Å²) in [4.78, 5) is 14.7. The molecule has 0 bridgehead atoms. The first-order valence-electron chi connectivity index (χ1n) is 6.50. The van der Waals surface area contributed by atoms with E-state index in [1.165, 1.54) is 24.5 Å². The minimum absolute atomic E-state index is 0.156. The van der Waals surface area contributed by atoms with E-state index in [0.717, 1.165) is 0 Å². The molecule has 124 valence electrons. The first-order valence-corrected chi connectivity index (χ1v) is 6.50. The van der Waals surface area contributed by atoms with Crippen LogP contribution in [0.15, 0.2) is 35.1 Å². The Labute approximate surface area is 131 Å². The topological polar surface area (TPSA) is 89.6 Å². The summed E-state index contributed by atoms with van der Waals surface area (Å²) in [5.41, 5.74) is 0.597. The number of hydrogen-bond acceptors (Lipinski definition) is 7. The van der Waals surface area contributed by atoms with E-state index >= 15 is 0 Å². The predicted octanol–water partition coefficient (Wildman–Crippen LogP) is 2.69. The first kappa shape index (κ1) is 15.8. The van der Waals surface area contributed by atoms with Gasteiger partial charge >= 0.3 is 12.1 Å². The Morgan fingerprint density at radius 1 is 1.08 bits per heavy atom. The van der Waals surface area contributed by atoms with Gasteiger partial charge in [-0.15, -0.1) is 0 Å². The highest BCUT2D eigenvalue weighted by Crippen LogP contribution is 2.29. The zero-order chi connectivity index (χ0) is 17.2. The standard InChI is InChI=1S/C13H8F4N6O/c14-9-3-1-2-8(21-9)6-20-12-18-4-7(5-19-12)10-22-11(24-23-10)13(15,16)17/h1-5H,6H2,(H,18,19,20). The predicted molar refractivity (Wildman–Crippen MR) is 71.8 cm³/mol. The van der Waals surface area contributed by atoms with Gasteiger partial charge in [-0.05, 0) is 12.1 Å². The van der Waals surface area contributed by atoms with E-state index in [4.69, 9.17) is 0 Å². The van der Waals surface area contributed by atoms with Gasteiger partial charge in [0.25, 0.3) is 0 Å². The highest BCUT2D eigenvalue weighted by atomic mass is 19.4. The van der Waals surface area contributed by atoms with E-state index in [1.54, 1.807) is 6.07 Å². The molecule has 0 atom stereocenters. The average Bonchev–Trinajstić information content (AvgIpc) is 3.04. The molecule has 3 rings (SSSR count). The molecular formula is C13H8F4N6O. The normalized spacial score (nSPS) is 11.5. The van der Waals surface area contributed by atoms with Crippen LogP contribution in [-0.4, -0.2) is 25.1 Å². The van der Waals surface area contributed by atoms with Gasteiger partial charge in [0.1, 0.15) is 0 Å². The van der Waals surface area contributed by atoms with E-state index in [9.17, 15) is 17.6 Å². The van der Waals surface area contributed by atoms with Crippen LogP contribution in [0.25, 0.3) is 11.4 Å². The van der Waals surface area contributed by atoms with E-state index in [-0.39, 0.29) is 23.9 Å². The van der Waals surface area contributed by atoms with E-state index < -0.39 is 18.0 Å². The molecule has 7 nitrogen and oxygen atoms in total. The molecule has 0 aliphatic carbocycles. The second-order valence-corrected chi connectivity index (χ2v) is 4.52. The summed E-state index contributed by atoms with van der Waals surface area (Å²) in [6.45, 7) is 0.178. The number of nitrogens with zero attached hydrogens (tertiary/aromatic N) is 5. The summed E-state index contributed by atoms with van der Waals surface area (Å²) >= 11 is 0. The number of aromatic nitrogens is 5. The average molecular weight is 340 g/mol. The zero-order valence-corrected chi connectivity index (χ0v) is 11.8. The van der Waals surface area contributed by atoms with Crippen LogP contribution in [0.2, 0.25) is 0 Å². The monoisotopic (exact) mass is 340 g/mol. The first-order chi connectivity index (χ1) is 11.4. The molecule has 3 heterocycles. The number of pyridine rings is 1. The fourth-order valence-corrected chi connectivity index (χ4v) is 1.71. The molecule has 0 saturated carbocycles. The maximum atomic E-state index is 12.9.